The van der Waals surface area contributed by atoms with Gasteiger partial charge in [-0.3, -0.25) is 4.68 Å². The van der Waals surface area contributed by atoms with Gasteiger partial charge in [-0.1, -0.05) is 13.8 Å². The van der Waals surface area contributed by atoms with Crippen LogP contribution in [0.25, 0.3) is 0 Å². The average Bonchev–Trinajstić information content (AvgIpc) is 2.85. The highest BCUT2D eigenvalue weighted by atomic mass is 16.5. The summed E-state index contributed by atoms with van der Waals surface area (Å²) in [4.78, 5) is 0. The van der Waals surface area contributed by atoms with Gasteiger partial charge in [0.2, 0.25) is 0 Å². The van der Waals surface area contributed by atoms with Gasteiger partial charge in [0.15, 0.2) is 0 Å². The van der Waals surface area contributed by atoms with Gasteiger partial charge >= 0.3 is 0 Å². The summed E-state index contributed by atoms with van der Waals surface area (Å²) in [6.07, 6.45) is 3.80. The summed E-state index contributed by atoms with van der Waals surface area (Å²) in [7, 11) is 3.79. The number of nitrogens with one attached hydrogen (secondary N) is 1. The molecule has 0 aliphatic carbocycles. The third kappa shape index (κ3) is 2.59. The van der Waals surface area contributed by atoms with E-state index in [0.717, 1.165) is 12.8 Å². The summed E-state index contributed by atoms with van der Waals surface area (Å²) < 4.78 is 7.91. The van der Waals surface area contributed by atoms with Gasteiger partial charge in [0.1, 0.15) is 0 Å². The van der Waals surface area contributed by atoms with Crippen LogP contribution in [-0.4, -0.2) is 29.5 Å². The molecule has 1 unspecified atom stereocenters. The Bertz CT molecular complexity index is 347. The first-order valence-corrected chi connectivity index (χ1v) is 6.82. The molecule has 0 amide bonds. The Labute approximate surface area is 111 Å². The predicted molar refractivity (Wildman–Crippen MR) is 74.7 cm³/mol. The number of ether oxygens (including phenoxy) is 1. The van der Waals surface area contributed by atoms with Crippen LogP contribution in [0.4, 0.5) is 0 Å². The standard InChI is InChI=1S/C14H27N3O/c1-7-14(8-2,18-6)13(15-5)12-9-10-16-17(12)11(3)4/h9-11,13,15H,7-8H2,1-6H3. The highest BCUT2D eigenvalue weighted by Gasteiger charge is 2.37. The summed E-state index contributed by atoms with van der Waals surface area (Å²) in [5.74, 6) is 0. The van der Waals surface area contributed by atoms with Crippen molar-refractivity contribution >= 4 is 0 Å². The van der Waals surface area contributed by atoms with Gasteiger partial charge in [-0.2, -0.15) is 5.10 Å². The van der Waals surface area contributed by atoms with Crippen molar-refractivity contribution in [2.75, 3.05) is 14.2 Å². The minimum absolute atomic E-state index is 0.155. The summed E-state index contributed by atoms with van der Waals surface area (Å²) in [5, 5.41) is 7.83. The highest BCUT2D eigenvalue weighted by Crippen LogP contribution is 2.35. The minimum Gasteiger partial charge on any atom is -0.376 e. The first-order chi connectivity index (χ1) is 8.56. The topological polar surface area (TPSA) is 39.1 Å². The lowest BCUT2D eigenvalue weighted by Crippen LogP contribution is -2.44. The van der Waals surface area contributed by atoms with Crippen LogP contribution in [0.3, 0.4) is 0 Å². The fraction of sp³-hybridized carbons (Fsp3) is 0.786. The fourth-order valence-electron chi connectivity index (χ4n) is 2.73. The second kappa shape index (κ2) is 6.34. The molecular formula is C14H27N3O. The highest BCUT2D eigenvalue weighted by molar-refractivity contribution is 5.14. The van der Waals surface area contributed by atoms with Crippen LogP contribution in [0.1, 0.15) is 58.3 Å². The van der Waals surface area contributed by atoms with Crippen molar-refractivity contribution < 1.29 is 4.74 Å². The Kier molecular flexibility index (Phi) is 5.35. The van der Waals surface area contributed by atoms with E-state index in [4.69, 9.17) is 4.74 Å². The molecule has 0 bridgehead atoms. The quantitative estimate of drug-likeness (QED) is 0.812. The Morgan fingerprint density at radius 1 is 1.39 bits per heavy atom. The number of hydrogen-bond acceptors (Lipinski definition) is 3. The van der Waals surface area contributed by atoms with E-state index < -0.39 is 0 Å². The molecule has 0 aromatic carbocycles. The molecule has 0 saturated heterocycles. The molecule has 4 heteroatoms. The van der Waals surface area contributed by atoms with E-state index in [-0.39, 0.29) is 11.6 Å². The van der Waals surface area contributed by atoms with Crippen LogP contribution >= 0.6 is 0 Å². The molecule has 0 fully saturated rings. The first kappa shape index (κ1) is 15.2. The van der Waals surface area contributed by atoms with Gasteiger partial charge < -0.3 is 10.1 Å². The molecule has 104 valence electrons. The SMILES string of the molecule is CCC(CC)(OC)C(NC)c1ccnn1C(C)C. The normalized spacial score (nSPS) is 14.2. The average molecular weight is 253 g/mol. The van der Waals surface area contributed by atoms with Crippen molar-refractivity contribution in [3.05, 3.63) is 18.0 Å². The minimum atomic E-state index is -0.179. The summed E-state index contributed by atoms with van der Waals surface area (Å²) >= 11 is 0. The van der Waals surface area contributed by atoms with Crippen molar-refractivity contribution in [3.63, 3.8) is 0 Å². The van der Waals surface area contributed by atoms with Gasteiger partial charge in [-0.15, -0.1) is 0 Å². The van der Waals surface area contributed by atoms with Crippen molar-refractivity contribution in [2.45, 2.75) is 58.2 Å². The van der Waals surface area contributed by atoms with Crippen LogP contribution in [0.5, 0.6) is 0 Å². The van der Waals surface area contributed by atoms with E-state index in [1.54, 1.807) is 7.11 Å². The third-order valence-corrected chi connectivity index (χ3v) is 3.90. The Balaban J connectivity index is 3.19. The molecule has 0 radical (unpaired) electrons. The Hall–Kier alpha value is -0.870. The molecule has 4 nitrogen and oxygen atoms in total. The monoisotopic (exact) mass is 253 g/mol. The molecule has 1 heterocycles. The van der Waals surface area contributed by atoms with E-state index in [9.17, 15) is 0 Å². The Morgan fingerprint density at radius 3 is 2.39 bits per heavy atom. The van der Waals surface area contributed by atoms with Crippen LogP contribution in [0.2, 0.25) is 0 Å². The smallest absolute Gasteiger partial charge is 0.0882 e. The number of rotatable bonds is 7. The van der Waals surface area contributed by atoms with E-state index in [1.807, 2.05) is 13.2 Å². The van der Waals surface area contributed by atoms with Crippen LogP contribution in [-0.2, 0) is 4.74 Å². The second-order valence-corrected chi connectivity index (χ2v) is 4.99. The van der Waals surface area contributed by atoms with E-state index in [0.29, 0.717) is 6.04 Å². The molecule has 0 spiro atoms. The zero-order valence-corrected chi connectivity index (χ0v) is 12.5. The lowest BCUT2D eigenvalue weighted by Gasteiger charge is -2.38. The molecule has 0 saturated carbocycles. The molecule has 1 rings (SSSR count). The van der Waals surface area contributed by atoms with E-state index >= 15 is 0 Å². The lowest BCUT2D eigenvalue weighted by molar-refractivity contribution is -0.0490. The largest absolute Gasteiger partial charge is 0.376 e. The number of methoxy groups -OCH3 is 1. The van der Waals surface area contributed by atoms with Gasteiger partial charge in [0.25, 0.3) is 0 Å². The van der Waals surface area contributed by atoms with Crippen LogP contribution in [0, 0.1) is 0 Å². The summed E-state index contributed by atoms with van der Waals surface area (Å²) in [6, 6.07) is 2.59. The van der Waals surface area contributed by atoms with Gasteiger partial charge in [0.05, 0.1) is 17.3 Å². The van der Waals surface area contributed by atoms with Crippen LogP contribution < -0.4 is 5.32 Å². The maximum atomic E-state index is 5.84. The van der Waals surface area contributed by atoms with Crippen molar-refractivity contribution in [2.24, 2.45) is 0 Å². The lowest BCUT2D eigenvalue weighted by atomic mass is 9.86. The van der Waals surface area contributed by atoms with Gasteiger partial charge in [0, 0.05) is 19.3 Å². The molecule has 1 aromatic heterocycles. The molecule has 0 aliphatic rings. The molecular weight excluding hydrogens is 226 g/mol. The van der Waals surface area contributed by atoms with Gasteiger partial charge in [-0.25, -0.2) is 0 Å². The molecule has 1 aromatic rings. The molecule has 0 aliphatic heterocycles. The van der Waals surface area contributed by atoms with E-state index in [2.05, 4.69) is 48.9 Å². The fourth-order valence-corrected chi connectivity index (χ4v) is 2.73. The van der Waals surface area contributed by atoms with Gasteiger partial charge in [-0.05, 0) is 39.8 Å². The summed E-state index contributed by atoms with van der Waals surface area (Å²) in [6.45, 7) is 8.64. The number of aromatic nitrogens is 2. The third-order valence-electron chi connectivity index (χ3n) is 3.90. The zero-order valence-electron chi connectivity index (χ0n) is 12.5. The molecule has 1 N–H and O–H groups in total. The van der Waals surface area contributed by atoms with Crippen molar-refractivity contribution in [1.82, 2.24) is 15.1 Å². The molecule has 1 atom stereocenters. The van der Waals surface area contributed by atoms with Crippen LogP contribution in [0.15, 0.2) is 12.3 Å². The number of hydrogen-bond donors (Lipinski definition) is 1. The first-order valence-electron chi connectivity index (χ1n) is 6.82. The maximum absolute atomic E-state index is 5.84. The Morgan fingerprint density at radius 2 is 2.00 bits per heavy atom. The molecule has 18 heavy (non-hydrogen) atoms. The van der Waals surface area contributed by atoms with E-state index in [1.165, 1.54) is 5.69 Å². The number of nitrogens with zero attached hydrogens (tertiary/aromatic N) is 2. The zero-order chi connectivity index (χ0) is 13.8. The second-order valence-electron chi connectivity index (χ2n) is 4.99. The van der Waals surface area contributed by atoms with Crippen molar-refractivity contribution in [1.29, 1.82) is 0 Å². The summed E-state index contributed by atoms with van der Waals surface area (Å²) in [5.41, 5.74) is 1.01. The maximum Gasteiger partial charge on any atom is 0.0882 e. The van der Waals surface area contributed by atoms with Crippen molar-refractivity contribution in [3.8, 4) is 0 Å². The number of likely N-dealkylation sites (N-methyl/N-ethyl adjacent to an activating group) is 1. The predicted octanol–water partition coefficient (Wildman–Crippen LogP) is 2.93.